The van der Waals surface area contributed by atoms with Crippen LogP contribution in [0.15, 0.2) is 24.5 Å². The monoisotopic (exact) mass is 211 g/mol. The first-order chi connectivity index (χ1) is 6.58. The Labute approximate surface area is 82.7 Å². The van der Waals surface area contributed by atoms with Crippen LogP contribution in [0, 0.1) is 11.3 Å². The highest BCUT2D eigenvalue weighted by molar-refractivity contribution is 7.92. The van der Waals surface area contributed by atoms with Crippen molar-refractivity contribution in [3.63, 3.8) is 0 Å². The van der Waals surface area contributed by atoms with Crippen LogP contribution < -0.4 is 4.31 Å². The first kappa shape index (κ1) is 10.5. The molecule has 0 atom stereocenters. The van der Waals surface area contributed by atoms with Crippen molar-refractivity contribution >= 4 is 15.7 Å². The second-order valence-electron chi connectivity index (χ2n) is 2.59. The van der Waals surface area contributed by atoms with Crippen LogP contribution in [0.5, 0.6) is 0 Å². The standard InChI is InChI=1S/C8H9N3O2S/c1-11(14(12,13)6-4-9)8-3-2-5-10-7-8/h2-3,5,7H,6H2,1H3. The first-order valence-electron chi connectivity index (χ1n) is 3.81. The minimum Gasteiger partial charge on any atom is -0.271 e. The summed E-state index contributed by atoms with van der Waals surface area (Å²) in [7, 11) is -2.14. The molecule has 0 aliphatic heterocycles. The number of hydrogen-bond acceptors (Lipinski definition) is 4. The number of aromatic nitrogens is 1. The predicted molar refractivity (Wildman–Crippen MR) is 52.0 cm³/mol. The molecule has 0 bridgehead atoms. The summed E-state index contributed by atoms with van der Waals surface area (Å²) in [4.78, 5) is 3.79. The van der Waals surface area contributed by atoms with E-state index in [4.69, 9.17) is 5.26 Å². The average molecular weight is 211 g/mol. The lowest BCUT2D eigenvalue weighted by Crippen LogP contribution is -2.28. The highest BCUT2D eigenvalue weighted by Crippen LogP contribution is 2.13. The Kier molecular flexibility index (Phi) is 3.04. The molecule has 0 N–H and O–H groups in total. The smallest absolute Gasteiger partial charge is 0.248 e. The van der Waals surface area contributed by atoms with Gasteiger partial charge in [-0.05, 0) is 12.1 Å². The van der Waals surface area contributed by atoms with Crippen LogP contribution in [0.25, 0.3) is 0 Å². The van der Waals surface area contributed by atoms with Gasteiger partial charge in [-0.1, -0.05) is 0 Å². The molecule has 0 unspecified atom stereocenters. The van der Waals surface area contributed by atoms with Crippen LogP contribution >= 0.6 is 0 Å². The molecule has 0 saturated carbocycles. The summed E-state index contributed by atoms with van der Waals surface area (Å²) in [5, 5.41) is 8.33. The molecule has 0 spiro atoms. The molecule has 6 heteroatoms. The van der Waals surface area contributed by atoms with Crippen molar-refractivity contribution in [1.29, 1.82) is 5.26 Å². The molecule has 1 rings (SSSR count). The highest BCUT2D eigenvalue weighted by atomic mass is 32.2. The number of sulfonamides is 1. The van der Waals surface area contributed by atoms with E-state index in [1.54, 1.807) is 24.4 Å². The van der Waals surface area contributed by atoms with Crippen molar-refractivity contribution < 1.29 is 8.42 Å². The first-order valence-corrected chi connectivity index (χ1v) is 5.42. The van der Waals surface area contributed by atoms with E-state index in [2.05, 4.69) is 4.98 Å². The third kappa shape index (κ3) is 2.20. The van der Waals surface area contributed by atoms with Crippen LogP contribution in [0.2, 0.25) is 0 Å². The lowest BCUT2D eigenvalue weighted by Gasteiger charge is -2.16. The summed E-state index contributed by atoms with van der Waals surface area (Å²) < 4.78 is 23.9. The maximum absolute atomic E-state index is 11.4. The van der Waals surface area contributed by atoms with Gasteiger partial charge in [0.15, 0.2) is 5.75 Å². The molecule has 74 valence electrons. The van der Waals surface area contributed by atoms with Gasteiger partial charge in [0.25, 0.3) is 0 Å². The Morgan fingerprint density at radius 1 is 1.64 bits per heavy atom. The molecule has 0 aromatic carbocycles. The topological polar surface area (TPSA) is 74.1 Å². The van der Waals surface area contributed by atoms with Crippen LogP contribution in [-0.4, -0.2) is 26.2 Å². The van der Waals surface area contributed by atoms with Crippen molar-refractivity contribution in [1.82, 2.24) is 4.98 Å². The van der Waals surface area contributed by atoms with Gasteiger partial charge in [0.05, 0.1) is 18.0 Å². The van der Waals surface area contributed by atoms with Gasteiger partial charge in [-0.2, -0.15) is 5.26 Å². The number of anilines is 1. The van der Waals surface area contributed by atoms with E-state index in [1.165, 1.54) is 13.2 Å². The van der Waals surface area contributed by atoms with E-state index in [9.17, 15) is 8.42 Å². The fourth-order valence-electron chi connectivity index (χ4n) is 0.879. The summed E-state index contributed by atoms with van der Waals surface area (Å²) in [6.07, 6.45) is 2.98. The summed E-state index contributed by atoms with van der Waals surface area (Å²) in [6, 6.07) is 4.85. The second-order valence-corrected chi connectivity index (χ2v) is 4.59. The lowest BCUT2D eigenvalue weighted by atomic mass is 10.4. The SMILES string of the molecule is CN(c1cccnc1)S(=O)(=O)CC#N. The van der Waals surface area contributed by atoms with Crippen molar-refractivity contribution in [2.45, 2.75) is 0 Å². The minimum atomic E-state index is -3.53. The molecule has 1 heterocycles. The minimum absolute atomic E-state index is 0.447. The molecule has 1 aromatic rings. The van der Waals surface area contributed by atoms with E-state index < -0.39 is 15.8 Å². The van der Waals surface area contributed by atoms with E-state index >= 15 is 0 Å². The number of pyridine rings is 1. The van der Waals surface area contributed by atoms with Crippen LogP contribution in [0.3, 0.4) is 0 Å². The van der Waals surface area contributed by atoms with Gasteiger partial charge < -0.3 is 0 Å². The molecule has 0 fully saturated rings. The Morgan fingerprint density at radius 3 is 2.86 bits per heavy atom. The van der Waals surface area contributed by atoms with Crippen LogP contribution in [0.4, 0.5) is 5.69 Å². The summed E-state index contributed by atoms with van der Waals surface area (Å²) in [5.74, 6) is -0.529. The average Bonchev–Trinajstić information content (AvgIpc) is 2.18. The fourth-order valence-corrected chi connectivity index (χ4v) is 1.67. The maximum atomic E-state index is 11.4. The van der Waals surface area contributed by atoms with Crippen LogP contribution in [0.1, 0.15) is 0 Å². The zero-order valence-corrected chi connectivity index (χ0v) is 8.40. The highest BCUT2D eigenvalue weighted by Gasteiger charge is 2.17. The third-order valence-corrected chi connectivity index (χ3v) is 3.21. The van der Waals surface area contributed by atoms with Gasteiger partial charge in [0, 0.05) is 13.2 Å². The van der Waals surface area contributed by atoms with Crippen LogP contribution in [-0.2, 0) is 10.0 Å². The van der Waals surface area contributed by atoms with Gasteiger partial charge in [-0.25, -0.2) is 8.42 Å². The number of nitriles is 1. The lowest BCUT2D eigenvalue weighted by molar-refractivity contribution is 0.597. The van der Waals surface area contributed by atoms with Crippen molar-refractivity contribution in [2.75, 3.05) is 17.1 Å². The third-order valence-electron chi connectivity index (χ3n) is 1.67. The molecular weight excluding hydrogens is 202 g/mol. The zero-order valence-electron chi connectivity index (χ0n) is 7.58. The molecule has 1 aromatic heterocycles. The summed E-state index contributed by atoms with van der Waals surface area (Å²) in [6.45, 7) is 0. The Hall–Kier alpha value is -1.61. The number of nitrogens with zero attached hydrogens (tertiary/aromatic N) is 3. The van der Waals surface area contributed by atoms with E-state index in [-0.39, 0.29) is 0 Å². The van der Waals surface area contributed by atoms with E-state index in [1.807, 2.05) is 0 Å². The van der Waals surface area contributed by atoms with E-state index in [0.29, 0.717) is 5.69 Å². The summed E-state index contributed by atoms with van der Waals surface area (Å²) >= 11 is 0. The van der Waals surface area contributed by atoms with Gasteiger partial charge in [0.1, 0.15) is 0 Å². The van der Waals surface area contributed by atoms with Gasteiger partial charge in [-0.3, -0.25) is 9.29 Å². The van der Waals surface area contributed by atoms with Crippen molar-refractivity contribution in [2.24, 2.45) is 0 Å². The second kappa shape index (κ2) is 4.07. The van der Waals surface area contributed by atoms with E-state index in [0.717, 1.165) is 4.31 Å². The fraction of sp³-hybridized carbons (Fsp3) is 0.250. The summed E-state index contributed by atoms with van der Waals surface area (Å²) in [5.41, 5.74) is 0.447. The quantitative estimate of drug-likeness (QED) is 0.724. The Bertz CT molecular complexity index is 435. The van der Waals surface area contributed by atoms with Gasteiger partial charge in [0.2, 0.25) is 10.0 Å². The van der Waals surface area contributed by atoms with Gasteiger partial charge in [-0.15, -0.1) is 0 Å². The molecule has 0 amide bonds. The molecule has 5 nitrogen and oxygen atoms in total. The molecule has 0 radical (unpaired) electrons. The molecule has 0 aliphatic rings. The predicted octanol–water partition coefficient (Wildman–Crippen LogP) is 0.371. The number of hydrogen-bond donors (Lipinski definition) is 0. The molecular formula is C8H9N3O2S. The number of rotatable bonds is 3. The molecule has 14 heavy (non-hydrogen) atoms. The Morgan fingerprint density at radius 2 is 2.36 bits per heavy atom. The Balaban J connectivity index is 2.98. The maximum Gasteiger partial charge on any atom is 0.248 e. The van der Waals surface area contributed by atoms with Crippen molar-refractivity contribution in [3.8, 4) is 6.07 Å². The van der Waals surface area contributed by atoms with Crippen molar-refractivity contribution in [3.05, 3.63) is 24.5 Å². The molecule has 0 saturated heterocycles. The van der Waals surface area contributed by atoms with Gasteiger partial charge >= 0.3 is 0 Å². The zero-order chi connectivity index (χ0) is 10.6. The normalized spacial score (nSPS) is 10.6. The molecule has 0 aliphatic carbocycles. The largest absolute Gasteiger partial charge is 0.271 e.